The molecule has 0 N–H and O–H groups in total. The van der Waals surface area contributed by atoms with Crippen LogP contribution >= 0.6 is 0 Å². The molecule has 0 radical (unpaired) electrons. The van der Waals surface area contributed by atoms with Gasteiger partial charge in [0, 0.05) is 13.5 Å². The molecule has 1 unspecified atom stereocenters. The first-order valence-electron chi connectivity index (χ1n) is 9.44. The second kappa shape index (κ2) is 9.17. The monoisotopic (exact) mass is 378 g/mol. The Hall–Kier alpha value is -3.15. The molecule has 1 amide bonds. The molecule has 1 heterocycles. The van der Waals surface area contributed by atoms with E-state index in [0.717, 1.165) is 22.6 Å². The van der Waals surface area contributed by atoms with Crippen LogP contribution in [0.25, 0.3) is 5.69 Å². The van der Waals surface area contributed by atoms with Gasteiger partial charge in [-0.15, -0.1) is 0 Å². The van der Waals surface area contributed by atoms with Gasteiger partial charge in [-0.05, 0) is 55.7 Å². The highest BCUT2D eigenvalue weighted by molar-refractivity contribution is 5.76. The van der Waals surface area contributed by atoms with E-state index in [-0.39, 0.29) is 11.9 Å². The number of nitrogens with zero attached hydrogens (tertiary/aromatic N) is 4. The number of aromatic nitrogens is 3. The highest BCUT2D eigenvalue weighted by atomic mass is 16.5. The van der Waals surface area contributed by atoms with Crippen molar-refractivity contribution in [2.24, 2.45) is 0 Å². The Balaban J connectivity index is 1.48. The average Bonchev–Trinajstić information content (AvgIpc) is 3.25. The van der Waals surface area contributed by atoms with Crippen LogP contribution in [-0.2, 0) is 4.79 Å². The van der Waals surface area contributed by atoms with Crippen molar-refractivity contribution < 1.29 is 9.53 Å². The largest absolute Gasteiger partial charge is 0.494 e. The molecular formula is C22H26N4O2. The van der Waals surface area contributed by atoms with E-state index in [1.54, 1.807) is 15.9 Å². The molecule has 1 aromatic heterocycles. The van der Waals surface area contributed by atoms with Crippen LogP contribution in [-0.4, -0.2) is 39.2 Å². The number of aryl methyl sites for hydroxylation is 1. The van der Waals surface area contributed by atoms with Crippen molar-refractivity contribution in [1.29, 1.82) is 0 Å². The van der Waals surface area contributed by atoms with Gasteiger partial charge < -0.3 is 9.64 Å². The van der Waals surface area contributed by atoms with Gasteiger partial charge in [-0.25, -0.2) is 9.67 Å². The van der Waals surface area contributed by atoms with Gasteiger partial charge in [-0.3, -0.25) is 4.79 Å². The van der Waals surface area contributed by atoms with Crippen molar-refractivity contribution in [3.05, 3.63) is 72.3 Å². The van der Waals surface area contributed by atoms with Crippen LogP contribution in [0, 0.1) is 6.92 Å². The summed E-state index contributed by atoms with van der Waals surface area (Å²) in [6.45, 7) is 4.60. The second-order valence-corrected chi connectivity index (χ2v) is 6.88. The van der Waals surface area contributed by atoms with Gasteiger partial charge >= 0.3 is 0 Å². The third-order valence-corrected chi connectivity index (χ3v) is 4.83. The highest BCUT2D eigenvalue weighted by Crippen LogP contribution is 2.21. The quantitative estimate of drug-likeness (QED) is 0.557. The van der Waals surface area contributed by atoms with Gasteiger partial charge in [0.2, 0.25) is 5.91 Å². The smallest absolute Gasteiger partial charge is 0.222 e. The predicted molar refractivity (Wildman–Crippen MR) is 108 cm³/mol. The van der Waals surface area contributed by atoms with Crippen LogP contribution < -0.4 is 4.74 Å². The fraction of sp³-hybridized carbons (Fsp3) is 0.318. The molecule has 0 aliphatic rings. The minimum Gasteiger partial charge on any atom is -0.494 e. The summed E-state index contributed by atoms with van der Waals surface area (Å²) in [7, 11) is 1.85. The van der Waals surface area contributed by atoms with Crippen LogP contribution in [0.3, 0.4) is 0 Å². The van der Waals surface area contributed by atoms with Crippen LogP contribution in [0.5, 0.6) is 5.75 Å². The van der Waals surface area contributed by atoms with Crippen LogP contribution in [0.15, 0.2) is 61.2 Å². The van der Waals surface area contributed by atoms with Gasteiger partial charge in [0.1, 0.15) is 18.4 Å². The number of amides is 1. The molecule has 6 nitrogen and oxygen atoms in total. The van der Waals surface area contributed by atoms with E-state index in [9.17, 15) is 4.79 Å². The highest BCUT2D eigenvalue weighted by Gasteiger charge is 2.17. The van der Waals surface area contributed by atoms with E-state index in [1.807, 2.05) is 69.4 Å². The van der Waals surface area contributed by atoms with Crippen molar-refractivity contribution >= 4 is 5.91 Å². The van der Waals surface area contributed by atoms with Crippen LogP contribution in [0.4, 0.5) is 0 Å². The van der Waals surface area contributed by atoms with Gasteiger partial charge in [-0.2, -0.15) is 5.10 Å². The zero-order chi connectivity index (χ0) is 19.9. The summed E-state index contributed by atoms with van der Waals surface area (Å²) in [5.41, 5.74) is 3.18. The molecule has 0 saturated heterocycles. The van der Waals surface area contributed by atoms with Crippen molar-refractivity contribution in [2.45, 2.75) is 32.7 Å². The fourth-order valence-corrected chi connectivity index (χ4v) is 2.98. The lowest BCUT2D eigenvalue weighted by Gasteiger charge is -2.25. The van der Waals surface area contributed by atoms with Crippen molar-refractivity contribution in [2.75, 3.05) is 13.7 Å². The third kappa shape index (κ3) is 4.97. The molecule has 0 aliphatic carbocycles. The Kier molecular flexibility index (Phi) is 6.42. The summed E-state index contributed by atoms with van der Waals surface area (Å²) in [5.74, 6) is 0.960. The number of rotatable bonds is 8. The number of benzene rings is 2. The maximum Gasteiger partial charge on any atom is 0.222 e. The zero-order valence-electron chi connectivity index (χ0n) is 16.6. The summed E-state index contributed by atoms with van der Waals surface area (Å²) in [6.07, 6.45) is 4.32. The standard InChI is InChI=1S/C22H26N4O2/c1-17-6-4-7-21(14-17)28-13-5-8-22(27)25(3)18(2)19-9-11-20(12-10-19)26-16-23-15-24-26/h4,6-7,9-12,14-16,18H,5,8,13H2,1-3H3. The first kappa shape index (κ1) is 19.6. The number of carbonyl (C=O) groups excluding carboxylic acids is 1. The minimum atomic E-state index is -0.00464. The Morgan fingerprint density at radius 1 is 1.21 bits per heavy atom. The molecule has 28 heavy (non-hydrogen) atoms. The van der Waals surface area contributed by atoms with Crippen molar-refractivity contribution in [3.63, 3.8) is 0 Å². The molecule has 0 aliphatic heterocycles. The Morgan fingerprint density at radius 2 is 2.00 bits per heavy atom. The maximum atomic E-state index is 12.5. The van der Waals surface area contributed by atoms with Gasteiger partial charge in [0.15, 0.2) is 0 Å². The summed E-state index contributed by atoms with van der Waals surface area (Å²) in [6, 6.07) is 15.9. The summed E-state index contributed by atoms with van der Waals surface area (Å²) >= 11 is 0. The van der Waals surface area contributed by atoms with Crippen molar-refractivity contribution in [1.82, 2.24) is 19.7 Å². The SMILES string of the molecule is Cc1cccc(OCCCC(=O)N(C)C(C)c2ccc(-n3cncn3)cc2)c1. The third-order valence-electron chi connectivity index (χ3n) is 4.83. The van der Waals surface area contributed by atoms with E-state index in [4.69, 9.17) is 4.74 Å². The van der Waals surface area contributed by atoms with Crippen LogP contribution in [0.1, 0.15) is 36.9 Å². The number of carbonyl (C=O) groups is 1. The summed E-state index contributed by atoms with van der Waals surface area (Å²) in [4.78, 5) is 18.3. The van der Waals surface area contributed by atoms with E-state index in [1.165, 1.54) is 6.33 Å². The van der Waals surface area contributed by atoms with Crippen LogP contribution in [0.2, 0.25) is 0 Å². The Morgan fingerprint density at radius 3 is 2.68 bits per heavy atom. The first-order chi connectivity index (χ1) is 13.5. The lowest BCUT2D eigenvalue weighted by molar-refractivity contribution is -0.132. The lowest BCUT2D eigenvalue weighted by atomic mass is 10.1. The molecule has 6 heteroatoms. The molecule has 0 spiro atoms. The fourth-order valence-electron chi connectivity index (χ4n) is 2.98. The molecule has 0 fully saturated rings. The molecule has 3 aromatic rings. The van der Waals surface area contributed by atoms with E-state index >= 15 is 0 Å². The van der Waals surface area contributed by atoms with E-state index in [0.29, 0.717) is 19.4 Å². The molecular weight excluding hydrogens is 352 g/mol. The maximum absolute atomic E-state index is 12.5. The molecule has 0 bridgehead atoms. The van der Waals surface area contributed by atoms with Gasteiger partial charge in [0.05, 0.1) is 18.3 Å². The Labute approximate surface area is 165 Å². The Bertz CT molecular complexity index is 891. The minimum absolute atomic E-state index is 0.00464. The molecule has 3 rings (SSSR count). The first-order valence-corrected chi connectivity index (χ1v) is 9.44. The summed E-state index contributed by atoms with van der Waals surface area (Å²) in [5, 5.41) is 4.12. The number of hydrogen-bond acceptors (Lipinski definition) is 4. The van der Waals surface area contributed by atoms with Gasteiger partial charge in [0.25, 0.3) is 0 Å². The zero-order valence-corrected chi connectivity index (χ0v) is 16.6. The summed E-state index contributed by atoms with van der Waals surface area (Å²) < 4.78 is 7.43. The lowest BCUT2D eigenvalue weighted by Crippen LogP contribution is -2.29. The average molecular weight is 378 g/mol. The number of ether oxygens (including phenoxy) is 1. The van der Waals surface area contributed by atoms with Crippen molar-refractivity contribution in [3.8, 4) is 11.4 Å². The molecule has 2 aromatic carbocycles. The molecule has 1 atom stereocenters. The predicted octanol–water partition coefficient (Wildman–Crippen LogP) is 3.95. The molecule has 146 valence electrons. The molecule has 0 saturated carbocycles. The van der Waals surface area contributed by atoms with Gasteiger partial charge in [-0.1, -0.05) is 24.3 Å². The topological polar surface area (TPSA) is 60.2 Å². The van der Waals surface area contributed by atoms with E-state index in [2.05, 4.69) is 10.1 Å². The second-order valence-electron chi connectivity index (χ2n) is 6.88. The normalized spacial score (nSPS) is 11.8. The van der Waals surface area contributed by atoms with E-state index < -0.39 is 0 Å². The number of hydrogen-bond donors (Lipinski definition) is 0.